The van der Waals surface area contributed by atoms with Crippen molar-refractivity contribution in [2.75, 3.05) is 19.8 Å². The molecule has 0 saturated carbocycles. The van der Waals surface area contributed by atoms with Crippen molar-refractivity contribution in [2.45, 2.75) is 94.8 Å². The number of aliphatic hydroxyl groups excluding tert-OH is 1. The average Bonchev–Trinajstić information content (AvgIpc) is 3.42. The third-order valence-corrected chi connectivity index (χ3v) is 9.77. The summed E-state index contributed by atoms with van der Waals surface area (Å²) < 4.78 is 4.83. The highest BCUT2D eigenvalue weighted by molar-refractivity contribution is 8.02. The maximum Gasteiger partial charge on any atom is 0.310 e. The number of nitrogens with zero attached hydrogens (tertiary/aromatic N) is 2. The molecule has 0 aromatic carbocycles. The van der Waals surface area contributed by atoms with Crippen molar-refractivity contribution in [3.63, 3.8) is 0 Å². The molecule has 2 unspecified atom stereocenters. The van der Waals surface area contributed by atoms with Gasteiger partial charge in [0.15, 0.2) is 0 Å². The summed E-state index contributed by atoms with van der Waals surface area (Å²) in [4.78, 5) is 45.1. The maximum atomic E-state index is 14.5. The highest BCUT2D eigenvalue weighted by Gasteiger charge is 2.74. The van der Waals surface area contributed by atoms with Crippen LogP contribution in [0.5, 0.6) is 0 Å². The first kappa shape index (κ1) is 28.8. The summed E-state index contributed by atoms with van der Waals surface area (Å²) in [5, 5.41) is 10.0. The molecule has 202 valence electrons. The van der Waals surface area contributed by atoms with Crippen molar-refractivity contribution >= 4 is 29.5 Å². The van der Waals surface area contributed by atoms with E-state index in [4.69, 9.17) is 4.74 Å². The fraction of sp³-hybridized carbons (Fsp3) is 0.750. The van der Waals surface area contributed by atoms with E-state index in [2.05, 4.69) is 47.8 Å². The summed E-state index contributed by atoms with van der Waals surface area (Å²) in [6, 6.07) is -1.29. The largest absolute Gasteiger partial charge is 0.465 e. The molecule has 1 spiro atoms. The van der Waals surface area contributed by atoms with Gasteiger partial charge in [-0.25, -0.2) is 0 Å². The van der Waals surface area contributed by atoms with Crippen LogP contribution in [0, 0.1) is 17.3 Å². The van der Waals surface area contributed by atoms with Gasteiger partial charge in [0.05, 0.1) is 35.8 Å². The number of thioether (sulfide) groups is 1. The number of ether oxygens (including phenoxy) is 1. The van der Waals surface area contributed by atoms with Crippen LogP contribution in [-0.4, -0.2) is 80.1 Å². The minimum absolute atomic E-state index is 0.0194. The summed E-state index contributed by atoms with van der Waals surface area (Å²) in [7, 11) is 0. The first-order chi connectivity index (χ1) is 16.8. The molecule has 3 rings (SSSR count). The van der Waals surface area contributed by atoms with E-state index in [1.807, 2.05) is 4.90 Å². The second-order valence-electron chi connectivity index (χ2n) is 12.4. The molecule has 7 nitrogen and oxygen atoms in total. The third kappa shape index (κ3) is 5.00. The lowest BCUT2D eigenvalue weighted by atomic mass is 9.71. The number of esters is 1. The van der Waals surface area contributed by atoms with Crippen LogP contribution >= 0.6 is 11.8 Å². The second-order valence-corrected chi connectivity index (χ2v) is 14.0. The molecule has 3 aliphatic rings. The fourth-order valence-corrected chi connectivity index (χ4v) is 9.03. The molecule has 0 radical (unpaired) electrons. The van der Waals surface area contributed by atoms with Gasteiger partial charge in [0.2, 0.25) is 11.8 Å². The highest BCUT2D eigenvalue weighted by Crippen LogP contribution is 2.67. The minimum Gasteiger partial charge on any atom is -0.465 e. The molecule has 3 aliphatic heterocycles. The van der Waals surface area contributed by atoms with Gasteiger partial charge in [0.1, 0.15) is 6.04 Å². The summed E-state index contributed by atoms with van der Waals surface area (Å²) in [5.41, 5.74) is -0.506. The monoisotopic (exact) mass is 520 g/mol. The van der Waals surface area contributed by atoms with Crippen LogP contribution in [0.1, 0.15) is 67.2 Å². The Balaban J connectivity index is 2.04. The van der Waals surface area contributed by atoms with Crippen LogP contribution in [0.15, 0.2) is 25.3 Å². The molecule has 36 heavy (non-hydrogen) atoms. The molecule has 2 amide bonds. The summed E-state index contributed by atoms with van der Waals surface area (Å²) >= 11 is 1.62. The van der Waals surface area contributed by atoms with E-state index in [0.29, 0.717) is 19.4 Å². The zero-order valence-electron chi connectivity index (χ0n) is 22.8. The van der Waals surface area contributed by atoms with E-state index in [0.717, 1.165) is 12.8 Å². The minimum atomic E-state index is -0.752. The van der Waals surface area contributed by atoms with Crippen LogP contribution in [0.25, 0.3) is 0 Å². The molecular formula is C28H44N2O5S. The number of carbonyl (C=O) groups excluding carboxylic acids is 3. The Kier molecular flexibility index (Phi) is 8.41. The number of likely N-dealkylation sites (tertiary alicyclic amines) is 1. The lowest BCUT2D eigenvalue weighted by Crippen LogP contribution is -2.61. The summed E-state index contributed by atoms with van der Waals surface area (Å²) in [6.45, 7) is 20.2. The Morgan fingerprint density at radius 3 is 2.50 bits per heavy atom. The molecular weight excluding hydrogens is 476 g/mol. The Labute approximate surface area is 220 Å². The zero-order valence-corrected chi connectivity index (χ0v) is 23.6. The number of fused-ring (bicyclic) bond motifs is 1. The number of amides is 2. The molecule has 2 bridgehead atoms. The Bertz CT molecular complexity index is 897. The van der Waals surface area contributed by atoms with Crippen LogP contribution in [0.2, 0.25) is 0 Å². The number of rotatable bonds is 11. The average molecular weight is 521 g/mol. The third-order valence-electron chi connectivity index (χ3n) is 7.82. The molecule has 0 aliphatic carbocycles. The van der Waals surface area contributed by atoms with Crippen molar-refractivity contribution in [3.05, 3.63) is 25.3 Å². The van der Waals surface area contributed by atoms with Gasteiger partial charge in [-0.3, -0.25) is 14.4 Å². The molecule has 3 heterocycles. The highest BCUT2D eigenvalue weighted by atomic mass is 32.2. The zero-order chi connectivity index (χ0) is 27.1. The van der Waals surface area contributed by atoms with Gasteiger partial charge < -0.3 is 19.6 Å². The van der Waals surface area contributed by atoms with E-state index in [-0.39, 0.29) is 41.7 Å². The fourth-order valence-electron chi connectivity index (χ4n) is 6.84. The molecule has 6 atom stereocenters. The Morgan fingerprint density at radius 1 is 1.28 bits per heavy atom. The van der Waals surface area contributed by atoms with Gasteiger partial charge in [-0.1, -0.05) is 32.9 Å². The predicted octanol–water partition coefficient (Wildman–Crippen LogP) is 3.81. The second kappa shape index (κ2) is 10.5. The maximum absolute atomic E-state index is 14.5. The van der Waals surface area contributed by atoms with Gasteiger partial charge in [-0.15, -0.1) is 24.9 Å². The van der Waals surface area contributed by atoms with E-state index in [9.17, 15) is 19.5 Å². The Morgan fingerprint density at radius 2 is 1.94 bits per heavy atom. The van der Waals surface area contributed by atoms with E-state index < -0.39 is 34.2 Å². The van der Waals surface area contributed by atoms with E-state index in [1.54, 1.807) is 35.7 Å². The smallest absolute Gasteiger partial charge is 0.310 e. The first-order valence-corrected chi connectivity index (χ1v) is 13.9. The van der Waals surface area contributed by atoms with Crippen LogP contribution in [0.3, 0.4) is 0 Å². The Hall–Kier alpha value is -1.80. The lowest BCUT2D eigenvalue weighted by Gasteiger charge is -2.46. The van der Waals surface area contributed by atoms with Gasteiger partial charge in [0.25, 0.3) is 0 Å². The van der Waals surface area contributed by atoms with Crippen molar-refractivity contribution < 1.29 is 24.2 Å². The molecule has 8 heteroatoms. The summed E-state index contributed by atoms with van der Waals surface area (Å²) in [6.07, 6.45) is 6.18. The topological polar surface area (TPSA) is 87.2 Å². The van der Waals surface area contributed by atoms with Crippen LogP contribution in [-0.2, 0) is 19.1 Å². The molecule has 3 saturated heterocycles. The van der Waals surface area contributed by atoms with Gasteiger partial charge in [0, 0.05) is 17.3 Å². The van der Waals surface area contributed by atoms with Gasteiger partial charge in [-0.05, 0) is 51.9 Å². The molecule has 0 aromatic heterocycles. The molecule has 1 N–H and O–H groups in total. The molecule has 0 aromatic rings. The van der Waals surface area contributed by atoms with Crippen molar-refractivity contribution in [1.82, 2.24) is 9.80 Å². The number of hydrogen-bond acceptors (Lipinski definition) is 6. The number of carbonyl (C=O) groups is 3. The first-order valence-electron chi connectivity index (χ1n) is 13.1. The quantitative estimate of drug-likeness (QED) is 0.253. The van der Waals surface area contributed by atoms with Gasteiger partial charge in [-0.2, -0.15) is 0 Å². The van der Waals surface area contributed by atoms with Crippen LogP contribution < -0.4 is 0 Å². The van der Waals surface area contributed by atoms with Crippen molar-refractivity contribution in [3.8, 4) is 0 Å². The van der Waals surface area contributed by atoms with Crippen molar-refractivity contribution in [2.24, 2.45) is 17.3 Å². The summed E-state index contributed by atoms with van der Waals surface area (Å²) in [5.74, 6) is -1.93. The SMILES string of the molecule is C=CCCOC(=O)[C@@H]1[C@@H]2CCC3(S2)C(C(=O)N(CC=C)C(C)(C)CC(C)(C)C)N([C@H](C)CO)C(=O)[C@H]13. The predicted molar refractivity (Wildman–Crippen MR) is 143 cm³/mol. The van der Waals surface area contributed by atoms with E-state index in [1.165, 1.54) is 0 Å². The molecule has 3 fully saturated rings. The van der Waals surface area contributed by atoms with Gasteiger partial charge >= 0.3 is 5.97 Å². The van der Waals surface area contributed by atoms with Crippen LogP contribution in [0.4, 0.5) is 0 Å². The number of aliphatic hydroxyl groups is 1. The number of hydrogen-bond donors (Lipinski definition) is 1. The van der Waals surface area contributed by atoms with Crippen molar-refractivity contribution in [1.29, 1.82) is 0 Å². The van der Waals surface area contributed by atoms with E-state index >= 15 is 0 Å². The normalized spacial score (nSPS) is 30.2. The standard InChI is InChI=1S/C28H44N2O5S/c1-9-11-15-35-25(34)20-19-12-13-28(36-19)21(20)23(32)30(18(3)16-31)22(28)24(33)29(14-10-2)27(7,8)17-26(4,5)6/h9-10,18-22,31H,1-2,11-17H2,3-8H3/t18-,19+,20-,21+,22?,28?/m1/s1. The lowest BCUT2D eigenvalue weighted by molar-refractivity contribution is -0.154.